The molecule has 2 saturated heterocycles. The summed E-state index contributed by atoms with van der Waals surface area (Å²) >= 11 is 0. The molecule has 0 radical (unpaired) electrons. The van der Waals surface area contributed by atoms with Gasteiger partial charge in [-0.25, -0.2) is 8.42 Å². The maximum Gasteiger partial charge on any atom is 0.253 e. The fourth-order valence-electron chi connectivity index (χ4n) is 3.59. The Morgan fingerprint density at radius 1 is 1.00 bits per heavy atom. The Hall–Kier alpha value is -1.93. The lowest BCUT2D eigenvalue weighted by Crippen LogP contribution is -2.49. The number of piperidine rings is 1. The minimum absolute atomic E-state index is 0.0101. The molecule has 1 aromatic carbocycles. The number of amides is 2. The first-order chi connectivity index (χ1) is 12.4. The summed E-state index contributed by atoms with van der Waals surface area (Å²) in [5.74, 6) is -0.315. The molecule has 0 aliphatic carbocycles. The number of benzene rings is 1. The molecule has 2 amide bonds. The third-order valence-corrected chi connectivity index (χ3v) is 6.26. The zero-order valence-electron chi connectivity index (χ0n) is 15.0. The third kappa shape index (κ3) is 4.24. The topological polar surface area (TPSA) is 86.8 Å². The number of anilines is 1. The smallest absolute Gasteiger partial charge is 0.253 e. The van der Waals surface area contributed by atoms with E-state index >= 15 is 0 Å². The molecule has 142 valence electrons. The fourth-order valence-corrected chi connectivity index (χ4v) is 4.71. The molecule has 2 aliphatic rings. The lowest BCUT2D eigenvalue weighted by atomic mass is 10.0. The highest BCUT2D eigenvalue weighted by molar-refractivity contribution is 7.88. The van der Waals surface area contributed by atoms with E-state index in [-0.39, 0.29) is 11.8 Å². The van der Waals surface area contributed by atoms with Crippen molar-refractivity contribution in [3.63, 3.8) is 0 Å². The number of carbonyl (C=O) groups excluding carboxylic acids is 2. The largest absolute Gasteiger partial charge is 0.339 e. The minimum Gasteiger partial charge on any atom is -0.339 e. The number of sulfonamides is 1. The lowest BCUT2D eigenvalue weighted by Gasteiger charge is -2.32. The molecular formula is C18H25N3O4S. The van der Waals surface area contributed by atoms with E-state index in [0.29, 0.717) is 24.2 Å². The number of likely N-dealkylation sites (tertiary alicyclic amines) is 1. The van der Waals surface area contributed by atoms with Crippen LogP contribution in [0.4, 0.5) is 5.69 Å². The summed E-state index contributed by atoms with van der Waals surface area (Å²) in [5.41, 5.74) is 1.16. The highest BCUT2D eigenvalue weighted by Gasteiger charge is 2.34. The van der Waals surface area contributed by atoms with Gasteiger partial charge in [-0.1, -0.05) is 6.42 Å². The van der Waals surface area contributed by atoms with E-state index < -0.39 is 16.1 Å². The number of nitrogens with one attached hydrogen (secondary N) is 1. The van der Waals surface area contributed by atoms with Crippen molar-refractivity contribution < 1.29 is 18.0 Å². The van der Waals surface area contributed by atoms with Gasteiger partial charge < -0.3 is 10.2 Å². The molecule has 1 N–H and O–H groups in total. The normalized spacial score (nSPS) is 21.6. The molecule has 8 heteroatoms. The monoisotopic (exact) mass is 379 g/mol. The zero-order valence-corrected chi connectivity index (χ0v) is 15.8. The van der Waals surface area contributed by atoms with Gasteiger partial charge in [0.15, 0.2) is 0 Å². The van der Waals surface area contributed by atoms with E-state index in [0.717, 1.165) is 45.0 Å². The summed E-state index contributed by atoms with van der Waals surface area (Å²) in [4.78, 5) is 26.7. The number of carbonyl (C=O) groups is 2. The van der Waals surface area contributed by atoms with Gasteiger partial charge in [0.05, 0.1) is 6.26 Å². The molecule has 3 rings (SSSR count). The number of nitrogens with zero attached hydrogens (tertiary/aromatic N) is 2. The van der Waals surface area contributed by atoms with Gasteiger partial charge in [-0.3, -0.25) is 9.59 Å². The Labute approximate surface area is 154 Å². The van der Waals surface area contributed by atoms with Crippen LogP contribution >= 0.6 is 0 Å². The second kappa shape index (κ2) is 7.75. The minimum atomic E-state index is -3.42. The zero-order chi connectivity index (χ0) is 18.7. The first-order valence-electron chi connectivity index (χ1n) is 9.03. The quantitative estimate of drug-likeness (QED) is 0.862. The van der Waals surface area contributed by atoms with Gasteiger partial charge in [0, 0.05) is 30.9 Å². The van der Waals surface area contributed by atoms with E-state index in [4.69, 9.17) is 0 Å². The van der Waals surface area contributed by atoms with Gasteiger partial charge in [0.1, 0.15) is 6.04 Å². The molecule has 2 fully saturated rings. The maximum atomic E-state index is 12.6. The summed E-state index contributed by atoms with van der Waals surface area (Å²) in [6, 6.07) is 6.10. The van der Waals surface area contributed by atoms with Gasteiger partial charge in [-0.15, -0.1) is 0 Å². The predicted octanol–water partition coefficient (Wildman–Crippen LogP) is 1.68. The van der Waals surface area contributed by atoms with Crippen LogP contribution in [-0.2, 0) is 14.8 Å². The molecule has 2 aliphatic heterocycles. The SMILES string of the molecule is CS(=O)(=O)N1CCCC[C@@H]1C(=O)Nc1ccc(C(=O)N2CCCC2)cc1. The average molecular weight is 379 g/mol. The van der Waals surface area contributed by atoms with Crippen LogP contribution < -0.4 is 5.32 Å². The van der Waals surface area contributed by atoms with Crippen molar-refractivity contribution in [1.29, 1.82) is 0 Å². The molecule has 7 nitrogen and oxygen atoms in total. The van der Waals surface area contributed by atoms with Crippen LogP contribution in [0.3, 0.4) is 0 Å². The molecule has 26 heavy (non-hydrogen) atoms. The van der Waals surface area contributed by atoms with E-state index in [1.54, 1.807) is 24.3 Å². The standard InChI is InChI=1S/C18H25N3O4S/c1-26(24,25)21-13-3-2-6-16(21)17(22)19-15-9-7-14(8-10-15)18(23)20-11-4-5-12-20/h7-10,16H,2-6,11-13H2,1H3,(H,19,22)/t16-/m1/s1. The summed E-state index contributed by atoms with van der Waals surface area (Å²) in [6.07, 6.45) is 5.33. The molecule has 1 atom stereocenters. The van der Waals surface area contributed by atoms with Gasteiger partial charge in [-0.2, -0.15) is 4.31 Å². The summed E-state index contributed by atoms with van der Waals surface area (Å²) in [7, 11) is -3.42. The summed E-state index contributed by atoms with van der Waals surface area (Å²) in [6.45, 7) is 1.96. The van der Waals surface area contributed by atoms with Crippen LogP contribution in [0.2, 0.25) is 0 Å². The van der Waals surface area contributed by atoms with Gasteiger partial charge >= 0.3 is 0 Å². The average Bonchev–Trinajstić information content (AvgIpc) is 3.15. The van der Waals surface area contributed by atoms with Crippen molar-refractivity contribution >= 4 is 27.5 Å². The molecule has 0 spiro atoms. The number of hydrogen-bond acceptors (Lipinski definition) is 4. The first kappa shape index (κ1) is 18.8. The van der Waals surface area contributed by atoms with Crippen LogP contribution in [0.15, 0.2) is 24.3 Å². The highest BCUT2D eigenvalue weighted by Crippen LogP contribution is 2.22. The van der Waals surface area contributed by atoms with E-state index in [1.165, 1.54) is 4.31 Å². The number of hydrogen-bond donors (Lipinski definition) is 1. The Morgan fingerprint density at radius 2 is 1.62 bits per heavy atom. The highest BCUT2D eigenvalue weighted by atomic mass is 32.2. The Kier molecular flexibility index (Phi) is 5.62. The van der Waals surface area contributed by atoms with Crippen molar-refractivity contribution in [3.05, 3.63) is 29.8 Å². The third-order valence-electron chi connectivity index (χ3n) is 4.97. The van der Waals surface area contributed by atoms with Crippen LogP contribution in [0, 0.1) is 0 Å². The van der Waals surface area contributed by atoms with Crippen molar-refractivity contribution in [2.45, 2.75) is 38.1 Å². The van der Waals surface area contributed by atoms with E-state index in [9.17, 15) is 18.0 Å². The van der Waals surface area contributed by atoms with Crippen molar-refractivity contribution in [2.24, 2.45) is 0 Å². The van der Waals surface area contributed by atoms with Crippen molar-refractivity contribution in [3.8, 4) is 0 Å². The predicted molar refractivity (Wildman–Crippen MR) is 99.4 cm³/mol. The molecule has 0 aromatic heterocycles. The molecule has 0 saturated carbocycles. The molecular weight excluding hydrogens is 354 g/mol. The van der Waals surface area contributed by atoms with Gasteiger partial charge in [0.25, 0.3) is 5.91 Å². The summed E-state index contributed by atoms with van der Waals surface area (Å²) in [5, 5.41) is 2.78. The second-order valence-corrected chi connectivity index (χ2v) is 8.89. The van der Waals surface area contributed by atoms with Crippen molar-refractivity contribution in [1.82, 2.24) is 9.21 Å². The van der Waals surface area contributed by atoms with Gasteiger partial charge in [-0.05, 0) is 49.9 Å². The maximum absolute atomic E-state index is 12.6. The Morgan fingerprint density at radius 3 is 2.23 bits per heavy atom. The van der Waals surface area contributed by atoms with Crippen LogP contribution in [0.1, 0.15) is 42.5 Å². The van der Waals surface area contributed by atoms with E-state index in [1.807, 2.05) is 4.90 Å². The first-order valence-corrected chi connectivity index (χ1v) is 10.9. The van der Waals surface area contributed by atoms with Crippen LogP contribution in [0.25, 0.3) is 0 Å². The molecule has 0 bridgehead atoms. The molecule has 2 heterocycles. The molecule has 1 aromatic rings. The van der Waals surface area contributed by atoms with Crippen LogP contribution in [-0.4, -0.2) is 61.4 Å². The lowest BCUT2D eigenvalue weighted by molar-refractivity contribution is -0.120. The fraction of sp³-hybridized carbons (Fsp3) is 0.556. The second-order valence-electron chi connectivity index (χ2n) is 6.95. The Bertz CT molecular complexity index is 770. The van der Waals surface area contributed by atoms with Crippen molar-refractivity contribution in [2.75, 3.05) is 31.2 Å². The van der Waals surface area contributed by atoms with Crippen LogP contribution in [0.5, 0.6) is 0 Å². The van der Waals surface area contributed by atoms with Gasteiger partial charge in [0.2, 0.25) is 15.9 Å². The number of rotatable bonds is 4. The Balaban J connectivity index is 1.66. The van der Waals surface area contributed by atoms with E-state index in [2.05, 4.69) is 5.32 Å². The summed E-state index contributed by atoms with van der Waals surface area (Å²) < 4.78 is 25.1. The molecule has 0 unspecified atom stereocenters.